The predicted octanol–water partition coefficient (Wildman–Crippen LogP) is 3.45. The minimum atomic E-state index is -4.51. The highest BCUT2D eigenvalue weighted by atomic mass is 19.4. The standard InChI is InChI=1S/C14H10F5N5O/c1-7(14(17,18)19)25-11-3-2-8(4-21-11)9-6-24-10(5-20-9)22-23-13(24)12(15)16/h2-7,12H,1H3/t7-/m1/s1. The number of alkyl halides is 5. The van der Waals surface area contributed by atoms with Crippen LogP contribution in [0.2, 0.25) is 0 Å². The summed E-state index contributed by atoms with van der Waals surface area (Å²) in [6.07, 6.45) is -5.54. The quantitative estimate of drug-likeness (QED) is 0.668. The molecule has 1 atom stereocenters. The first-order chi connectivity index (χ1) is 11.8. The molecule has 0 spiro atoms. The number of aromatic nitrogens is 5. The minimum Gasteiger partial charge on any atom is -0.465 e. The summed E-state index contributed by atoms with van der Waals surface area (Å²) in [5, 5.41) is 6.95. The van der Waals surface area contributed by atoms with E-state index < -0.39 is 24.5 Å². The Balaban J connectivity index is 1.87. The molecule has 0 fully saturated rings. The fourth-order valence-electron chi connectivity index (χ4n) is 1.97. The van der Waals surface area contributed by atoms with Gasteiger partial charge < -0.3 is 4.74 Å². The molecule has 0 aromatic carbocycles. The number of fused-ring (bicyclic) bond motifs is 1. The van der Waals surface area contributed by atoms with Gasteiger partial charge in [-0.2, -0.15) is 13.2 Å². The third-order valence-corrected chi connectivity index (χ3v) is 3.30. The van der Waals surface area contributed by atoms with E-state index in [0.29, 0.717) is 5.56 Å². The van der Waals surface area contributed by atoms with Gasteiger partial charge in [0.1, 0.15) is 0 Å². The molecule has 3 rings (SSSR count). The van der Waals surface area contributed by atoms with Gasteiger partial charge in [0.2, 0.25) is 11.7 Å². The number of rotatable bonds is 4. The molecule has 11 heteroatoms. The number of ether oxygens (including phenoxy) is 1. The van der Waals surface area contributed by atoms with Crippen LogP contribution in [0.5, 0.6) is 5.88 Å². The molecule has 6 nitrogen and oxygen atoms in total. The van der Waals surface area contributed by atoms with Crippen molar-refractivity contribution in [2.75, 3.05) is 0 Å². The molecule has 0 bridgehead atoms. The van der Waals surface area contributed by atoms with E-state index in [1.54, 1.807) is 0 Å². The Morgan fingerprint density at radius 3 is 2.44 bits per heavy atom. The Kier molecular flexibility index (Phi) is 4.23. The molecule has 3 aromatic rings. The molecule has 0 aliphatic carbocycles. The van der Waals surface area contributed by atoms with Crippen LogP contribution in [0.15, 0.2) is 30.7 Å². The number of halogens is 5. The molecule has 3 heterocycles. The average molecular weight is 359 g/mol. The third kappa shape index (κ3) is 3.49. The fraction of sp³-hybridized carbons (Fsp3) is 0.286. The number of hydrogen-bond acceptors (Lipinski definition) is 5. The summed E-state index contributed by atoms with van der Waals surface area (Å²) in [6.45, 7) is 0.864. The summed E-state index contributed by atoms with van der Waals surface area (Å²) in [5.74, 6) is -0.752. The highest BCUT2D eigenvalue weighted by Crippen LogP contribution is 2.25. The summed E-state index contributed by atoms with van der Waals surface area (Å²) in [7, 11) is 0. The molecular formula is C14H10F5N5O. The van der Waals surface area contributed by atoms with Gasteiger partial charge in [0.05, 0.1) is 11.9 Å². The van der Waals surface area contributed by atoms with Crippen molar-refractivity contribution in [1.29, 1.82) is 0 Å². The lowest BCUT2D eigenvalue weighted by Crippen LogP contribution is -2.31. The van der Waals surface area contributed by atoms with Crippen LogP contribution in [-0.2, 0) is 0 Å². The summed E-state index contributed by atoms with van der Waals surface area (Å²) < 4.78 is 68.9. The van der Waals surface area contributed by atoms with Crippen molar-refractivity contribution in [1.82, 2.24) is 24.6 Å². The normalized spacial score (nSPS) is 13.4. The van der Waals surface area contributed by atoms with E-state index in [9.17, 15) is 22.0 Å². The maximum absolute atomic E-state index is 12.9. The lowest BCUT2D eigenvalue weighted by molar-refractivity contribution is -0.189. The Morgan fingerprint density at radius 1 is 1.08 bits per heavy atom. The van der Waals surface area contributed by atoms with Gasteiger partial charge in [0.15, 0.2) is 11.8 Å². The molecule has 0 saturated heterocycles. The minimum absolute atomic E-state index is 0.144. The zero-order valence-electron chi connectivity index (χ0n) is 12.6. The highest BCUT2D eigenvalue weighted by molar-refractivity contribution is 5.58. The van der Waals surface area contributed by atoms with Gasteiger partial charge in [0, 0.05) is 24.0 Å². The highest BCUT2D eigenvalue weighted by Gasteiger charge is 2.38. The molecule has 0 N–H and O–H groups in total. The van der Waals surface area contributed by atoms with Crippen molar-refractivity contribution >= 4 is 5.65 Å². The van der Waals surface area contributed by atoms with Gasteiger partial charge in [-0.25, -0.2) is 13.8 Å². The molecular weight excluding hydrogens is 349 g/mol. The van der Waals surface area contributed by atoms with Crippen LogP contribution < -0.4 is 4.74 Å². The van der Waals surface area contributed by atoms with Crippen molar-refractivity contribution in [3.8, 4) is 17.1 Å². The van der Waals surface area contributed by atoms with Gasteiger partial charge in [-0.05, 0) is 13.0 Å². The second-order valence-electron chi connectivity index (χ2n) is 5.05. The second-order valence-corrected chi connectivity index (χ2v) is 5.05. The summed E-state index contributed by atoms with van der Waals surface area (Å²) in [5.41, 5.74) is 0.825. The zero-order valence-corrected chi connectivity index (χ0v) is 12.6. The molecule has 0 radical (unpaired) electrons. The van der Waals surface area contributed by atoms with Gasteiger partial charge in [0.25, 0.3) is 6.43 Å². The molecule has 3 aromatic heterocycles. The van der Waals surface area contributed by atoms with E-state index in [1.807, 2.05) is 0 Å². The smallest absolute Gasteiger partial charge is 0.425 e. The average Bonchev–Trinajstić information content (AvgIpc) is 2.98. The van der Waals surface area contributed by atoms with Crippen LogP contribution in [0.4, 0.5) is 22.0 Å². The summed E-state index contributed by atoms with van der Waals surface area (Å²) >= 11 is 0. The maximum atomic E-state index is 12.9. The fourth-order valence-corrected chi connectivity index (χ4v) is 1.97. The first-order valence-electron chi connectivity index (χ1n) is 6.94. The van der Waals surface area contributed by atoms with Crippen LogP contribution in [0.25, 0.3) is 16.9 Å². The van der Waals surface area contributed by atoms with E-state index in [-0.39, 0.29) is 17.2 Å². The first kappa shape index (κ1) is 17.0. The van der Waals surface area contributed by atoms with E-state index in [2.05, 4.69) is 20.2 Å². The Morgan fingerprint density at radius 2 is 1.84 bits per heavy atom. The Bertz CT molecular complexity index is 877. The van der Waals surface area contributed by atoms with E-state index in [0.717, 1.165) is 11.3 Å². The first-order valence-corrected chi connectivity index (χ1v) is 6.94. The van der Waals surface area contributed by atoms with Crippen molar-refractivity contribution in [3.05, 3.63) is 36.5 Å². The monoisotopic (exact) mass is 359 g/mol. The number of hydrogen-bond donors (Lipinski definition) is 0. The molecule has 0 aliphatic rings. The predicted molar refractivity (Wildman–Crippen MR) is 75.1 cm³/mol. The van der Waals surface area contributed by atoms with Gasteiger partial charge in [-0.3, -0.25) is 9.38 Å². The SMILES string of the molecule is C[C@@H](Oc1ccc(-c2cn3c(C(F)F)nnc3cn2)cn1)C(F)(F)F. The molecule has 0 aliphatic heterocycles. The number of pyridine rings is 1. The van der Waals surface area contributed by atoms with Gasteiger partial charge in [-0.15, -0.1) is 10.2 Å². The lowest BCUT2D eigenvalue weighted by atomic mass is 10.2. The molecule has 0 amide bonds. The molecule has 25 heavy (non-hydrogen) atoms. The Labute approximate surface area is 137 Å². The van der Waals surface area contributed by atoms with E-state index in [1.165, 1.54) is 30.7 Å². The van der Waals surface area contributed by atoms with Crippen molar-refractivity contribution in [2.45, 2.75) is 25.6 Å². The van der Waals surface area contributed by atoms with E-state index >= 15 is 0 Å². The Hall–Kier alpha value is -2.85. The van der Waals surface area contributed by atoms with Crippen molar-refractivity contribution in [2.24, 2.45) is 0 Å². The van der Waals surface area contributed by atoms with Crippen molar-refractivity contribution < 1.29 is 26.7 Å². The second kappa shape index (κ2) is 6.22. The molecule has 0 saturated carbocycles. The number of nitrogens with zero attached hydrogens (tertiary/aromatic N) is 5. The largest absolute Gasteiger partial charge is 0.465 e. The maximum Gasteiger partial charge on any atom is 0.425 e. The van der Waals surface area contributed by atoms with Crippen LogP contribution in [0.1, 0.15) is 19.2 Å². The van der Waals surface area contributed by atoms with Crippen molar-refractivity contribution in [3.63, 3.8) is 0 Å². The van der Waals surface area contributed by atoms with Gasteiger partial charge in [-0.1, -0.05) is 0 Å². The van der Waals surface area contributed by atoms with Crippen LogP contribution in [0, 0.1) is 0 Å². The summed E-state index contributed by atoms with van der Waals surface area (Å²) in [6, 6.07) is 2.66. The van der Waals surface area contributed by atoms with Crippen LogP contribution in [-0.4, -0.2) is 36.8 Å². The van der Waals surface area contributed by atoms with E-state index in [4.69, 9.17) is 4.74 Å². The summed E-state index contributed by atoms with van der Waals surface area (Å²) in [4.78, 5) is 7.83. The topological polar surface area (TPSA) is 65.2 Å². The molecule has 132 valence electrons. The van der Waals surface area contributed by atoms with Gasteiger partial charge >= 0.3 is 6.18 Å². The third-order valence-electron chi connectivity index (χ3n) is 3.30. The lowest BCUT2D eigenvalue weighted by Gasteiger charge is -2.16. The zero-order chi connectivity index (χ0) is 18.2. The van der Waals surface area contributed by atoms with Crippen LogP contribution >= 0.6 is 0 Å². The molecule has 0 unspecified atom stereocenters. The van der Waals surface area contributed by atoms with Crippen LogP contribution in [0.3, 0.4) is 0 Å².